The van der Waals surface area contributed by atoms with Crippen LogP contribution in [0.3, 0.4) is 0 Å². The van der Waals surface area contributed by atoms with Crippen molar-refractivity contribution in [3.63, 3.8) is 0 Å². The van der Waals surface area contributed by atoms with E-state index in [0.717, 1.165) is 11.3 Å². The van der Waals surface area contributed by atoms with Crippen LogP contribution in [-0.4, -0.2) is 12.0 Å². The molecule has 1 aromatic heterocycles. The van der Waals surface area contributed by atoms with E-state index in [1.54, 1.807) is 6.20 Å². The molecule has 0 aliphatic heterocycles. The zero-order chi connectivity index (χ0) is 11.5. The number of aryl methyl sites for hydroxylation is 1. The van der Waals surface area contributed by atoms with Crippen molar-refractivity contribution >= 4 is 11.5 Å². The molecule has 3 N–H and O–H groups in total. The molecule has 1 aromatic carbocycles. The Labute approximate surface area is 95.3 Å². The first-order valence-electron chi connectivity index (χ1n) is 5.21. The van der Waals surface area contributed by atoms with Gasteiger partial charge in [-0.25, -0.2) is 4.98 Å². The molecular formula is C13H15N3. The van der Waals surface area contributed by atoms with Gasteiger partial charge in [-0.15, -0.1) is 0 Å². The van der Waals surface area contributed by atoms with E-state index in [4.69, 9.17) is 5.73 Å². The second-order valence-electron chi connectivity index (χ2n) is 3.75. The highest BCUT2D eigenvalue weighted by molar-refractivity contribution is 5.69. The lowest BCUT2D eigenvalue weighted by molar-refractivity contribution is 1.32. The summed E-state index contributed by atoms with van der Waals surface area (Å²) in [6, 6.07) is 10.1. The van der Waals surface area contributed by atoms with Gasteiger partial charge < -0.3 is 11.1 Å². The third-order valence-electron chi connectivity index (χ3n) is 2.61. The average Bonchev–Trinajstić information content (AvgIpc) is 2.30. The lowest BCUT2D eigenvalue weighted by Gasteiger charge is -2.08. The number of anilines is 2. The molecule has 0 spiro atoms. The van der Waals surface area contributed by atoms with E-state index in [0.29, 0.717) is 5.82 Å². The van der Waals surface area contributed by atoms with Gasteiger partial charge in [0.15, 0.2) is 0 Å². The molecule has 0 unspecified atom stereocenters. The fourth-order valence-corrected chi connectivity index (χ4v) is 1.71. The number of nitrogens with zero attached hydrogens (tertiary/aromatic N) is 1. The Bertz CT molecular complexity index is 489. The Morgan fingerprint density at radius 3 is 2.56 bits per heavy atom. The van der Waals surface area contributed by atoms with E-state index in [-0.39, 0.29) is 0 Å². The molecule has 2 aromatic rings. The number of pyridine rings is 1. The molecule has 0 amide bonds. The van der Waals surface area contributed by atoms with Gasteiger partial charge in [0.05, 0.1) is 0 Å². The molecule has 0 aliphatic carbocycles. The maximum atomic E-state index is 5.57. The lowest BCUT2D eigenvalue weighted by atomic mass is 10.0. The maximum Gasteiger partial charge on any atom is 0.123 e. The van der Waals surface area contributed by atoms with Crippen LogP contribution in [0.15, 0.2) is 36.5 Å². The Morgan fingerprint density at radius 1 is 1.19 bits per heavy atom. The van der Waals surface area contributed by atoms with Gasteiger partial charge in [0.1, 0.15) is 5.82 Å². The average molecular weight is 213 g/mol. The summed E-state index contributed by atoms with van der Waals surface area (Å²) in [6.45, 7) is 2.09. The second kappa shape index (κ2) is 4.23. The van der Waals surface area contributed by atoms with Gasteiger partial charge in [0, 0.05) is 24.5 Å². The molecule has 3 nitrogen and oxygen atoms in total. The fraction of sp³-hybridized carbons (Fsp3) is 0.154. The van der Waals surface area contributed by atoms with Crippen LogP contribution in [0.4, 0.5) is 11.5 Å². The van der Waals surface area contributed by atoms with E-state index >= 15 is 0 Å². The highest BCUT2D eigenvalue weighted by Crippen LogP contribution is 2.25. The van der Waals surface area contributed by atoms with Crippen LogP contribution in [0.2, 0.25) is 0 Å². The minimum absolute atomic E-state index is 0.549. The Morgan fingerprint density at radius 2 is 2.00 bits per heavy atom. The topological polar surface area (TPSA) is 50.9 Å². The maximum absolute atomic E-state index is 5.57. The standard InChI is InChI=1S/C13H15N3/c1-9-7-11(15-2)4-5-12(9)10-3-6-13(14)16-8-10/h3-8,15H,1-2H3,(H2,14,16). The molecule has 3 heteroatoms. The molecular weight excluding hydrogens is 198 g/mol. The summed E-state index contributed by atoms with van der Waals surface area (Å²) in [7, 11) is 1.92. The Hall–Kier alpha value is -2.03. The number of hydrogen-bond donors (Lipinski definition) is 2. The third kappa shape index (κ3) is 1.98. The van der Waals surface area contributed by atoms with Crippen molar-refractivity contribution in [2.75, 3.05) is 18.1 Å². The largest absolute Gasteiger partial charge is 0.388 e. The molecule has 0 aliphatic rings. The van der Waals surface area contributed by atoms with Gasteiger partial charge in [0.2, 0.25) is 0 Å². The number of nitrogens with one attached hydrogen (secondary N) is 1. The smallest absolute Gasteiger partial charge is 0.123 e. The molecule has 0 radical (unpaired) electrons. The SMILES string of the molecule is CNc1ccc(-c2ccc(N)nc2)c(C)c1. The van der Waals surface area contributed by atoms with Crippen molar-refractivity contribution in [1.29, 1.82) is 0 Å². The summed E-state index contributed by atoms with van der Waals surface area (Å²) in [6.07, 6.45) is 1.80. The highest BCUT2D eigenvalue weighted by Gasteiger charge is 2.02. The van der Waals surface area contributed by atoms with Crippen molar-refractivity contribution in [2.45, 2.75) is 6.92 Å². The molecule has 0 saturated carbocycles. The second-order valence-corrected chi connectivity index (χ2v) is 3.75. The number of rotatable bonds is 2. The Kier molecular flexibility index (Phi) is 2.77. The van der Waals surface area contributed by atoms with E-state index in [1.807, 2.05) is 19.2 Å². The van der Waals surface area contributed by atoms with Gasteiger partial charge in [-0.3, -0.25) is 0 Å². The number of hydrogen-bond acceptors (Lipinski definition) is 3. The highest BCUT2D eigenvalue weighted by atomic mass is 14.8. The zero-order valence-corrected chi connectivity index (χ0v) is 9.49. The van der Waals surface area contributed by atoms with Gasteiger partial charge in [-0.2, -0.15) is 0 Å². The number of aromatic nitrogens is 1. The first-order chi connectivity index (χ1) is 7.70. The first kappa shape index (κ1) is 10.5. The van der Waals surface area contributed by atoms with Crippen molar-refractivity contribution in [3.05, 3.63) is 42.1 Å². The van der Waals surface area contributed by atoms with Crippen LogP contribution in [-0.2, 0) is 0 Å². The summed E-state index contributed by atoms with van der Waals surface area (Å²) in [5.41, 5.74) is 10.2. The minimum atomic E-state index is 0.549. The molecule has 2 rings (SSSR count). The molecule has 1 heterocycles. The minimum Gasteiger partial charge on any atom is -0.388 e. The van der Waals surface area contributed by atoms with E-state index < -0.39 is 0 Å². The summed E-state index contributed by atoms with van der Waals surface area (Å²) >= 11 is 0. The number of nitrogens with two attached hydrogens (primary N) is 1. The van der Waals surface area contributed by atoms with Crippen molar-refractivity contribution < 1.29 is 0 Å². The Balaban J connectivity index is 2.44. The molecule has 0 atom stereocenters. The molecule has 82 valence electrons. The van der Waals surface area contributed by atoms with E-state index in [2.05, 4.69) is 35.4 Å². The van der Waals surface area contributed by atoms with Crippen LogP contribution >= 0.6 is 0 Å². The predicted octanol–water partition coefficient (Wildman–Crippen LogP) is 2.68. The first-order valence-corrected chi connectivity index (χ1v) is 5.21. The zero-order valence-electron chi connectivity index (χ0n) is 9.49. The van der Waals surface area contributed by atoms with Gasteiger partial charge in [0.25, 0.3) is 0 Å². The number of benzene rings is 1. The summed E-state index contributed by atoms with van der Waals surface area (Å²) in [4.78, 5) is 4.10. The van der Waals surface area contributed by atoms with E-state index in [1.165, 1.54) is 11.1 Å². The number of nitrogen functional groups attached to an aromatic ring is 1. The van der Waals surface area contributed by atoms with Crippen LogP contribution in [0, 0.1) is 6.92 Å². The summed E-state index contributed by atoms with van der Waals surface area (Å²) in [5, 5.41) is 3.12. The van der Waals surface area contributed by atoms with E-state index in [9.17, 15) is 0 Å². The van der Waals surface area contributed by atoms with Crippen LogP contribution < -0.4 is 11.1 Å². The third-order valence-corrected chi connectivity index (χ3v) is 2.61. The summed E-state index contributed by atoms with van der Waals surface area (Å²) in [5.74, 6) is 0.549. The van der Waals surface area contributed by atoms with Gasteiger partial charge in [-0.1, -0.05) is 6.07 Å². The fourth-order valence-electron chi connectivity index (χ4n) is 1.71. The molecule has 0 bridgehead atoms. The molecule has 0 fully saturated rings. The monoisotopic (exact) mass is 213 g/mol. The van der Waals surface area contributed by atoms with Crippen LogP contribution in [0.5, 0.6) is 0 Å². The van der Waals surface area contributed by atoms with Gasteiger partial charge >= 0.3 is 0 Å². The summed E-state index contributed by atoms with van der Waals surface area (Å²) < 4.78 is 0. The van der Waals surface area contributed by atoms with Gasteiger partial charge in [-0.05, 0) is 42.3 Å². The van der Waals surface area contributed by atoms with Crippen molar-refractivity contribution in [2.24, 2.45) is 0 Å². The molecule has 16 heavy (non-hydrogen) atoms. The van der Waals surface area contributed by atoms with Crippen molar-refractivity contribution in [1.82, 2.24) is 4.98 Å². The van der Waals surface area contributed by atoms with Crippen LogP contribution in [0.25, 0.3) is 11.1 Å². The predicted molar refractivity (Wildman–Crippen MR) is 68.4 cm³/mol. The molecule has 0 saturated heterocycles. The van der Waals surface area contributed by atoms with Crippen LogP contribution in [0.1, 0.15) is 5.56 Å². The normalized spacial score (nSPS) is 10.1. The lowest BCUT2D eigenvalue weighted by Crippen LogP contribution is -1.92. The van der Waals surface area contributed by atoms with Crippen molar-refractivity contribution in [3.8, 4) is 11.1 Å². The quantitative estimate of drug-likeness (QED) is 0.806.